The molecule has 0 bridgehead atoms. The van der Waals surface area contributed by atoms with Gasteiger partial charge in [-0.2, -0.15) is 0 Å². The summed E-state index contributed by atoms with van der Waals surface area (Å²) in [6.07, 6.45) is 0. The van der Waals surface area contributed by atoms with Crippen molar-refractivity contribution in [3.8, 4) is 0 Å². The van der Waals surface area contributed by atoms with Crippen LogP contribution in [0.1, 0.15) is 11.1 Å². The van der Waals surface area contributed by atoms with Gasteiger partial charge in [-0.3, -0.25) is 0 Å². The first-order valence-electron chi connectivity index (χ1n) is 7.53. The van der Waals surface area contributed by atoms with E-state index in [4.69, 9.17) is 9.97 Å². The van der Waals surface area contributed by atoms with E-state index in [0.29, 0.717) is 0 Å². The first kappa shape index (κ1) is 18.3. The van der Waals surface area contributed by atoms with Crippen LogP contribution < -0.4 is 9.97 Å². The molecule has 0 unspecified atom stereocenters. The Morgan fingerprint density at radius 2 is 0.875 bits per heavy atom. The van der Waals surface area contributed by atoms with Crippen molar-refractivity contribution in [2.24, 2.45) is 0 Å². The van der Waals surface area contributed by atoms with Gasteiger partial charge in [0, 0.05) is 65.4 Å². The van der Waals surface area contributed by atoms with Gasteiger partial charge in [0.15, 0.2) is 0 Å². The summed E-state index contributed by atoms with van der Waals surface area (Å²) < 4.78 is 0. The van der Waals surface area contributed by atoms with Crippen molar-refractivity contribution in [1.29, 1.82) is 0 Å². The minimum absolute atomic E-state index is 0. The van der Waals surface area contributed by atoms with Crippen molar-refractivity contribution in [3.05, 3.63) is 59.7 Å². The van der Waals surface area contributed by atoms with Crippen LogP contribution >= 0.6 is 0 Å². The fraction of sp³-hybridized carbons (Fsp3) is 0.100. The van der Waals surface area contributed by atoms with Crippen LogP contribution in [-0.4, -0.2) is 0 Å². The SMILES string of the molecule is Cc1ccc2[n-]c3cc4c(cc3c2c1)[n-]c1ccc(C)cc14.[Y].[Y]. The van der Waals surface area contributed by atoms with Gasteiger partial charge in [-0.25, -0.2) is 0 Å². The summed E-state index contributed by atoms with van der Waals surface area (Å²) >= 11 is 0. The molecule has 0 aliphatic heterocycles. The van der Waals surface area contributed by atoms with Crippen molar-refractivity contribution in [1.82, 2.24) is 9.97 Å². The molecule has 0 fully saturated rings. The van der Waals surface area contributed by atoms with E-state index in [0.717, 1.165) is 22.1 Å². The van der Waals surface area contributed by atoms with Crippen molar-refractivity contribution >= 4 is 43.6 Å². The fourth-order valence-electron chi connectivity index (χ4n) is 3.38. The number of hydrogen-bond acceptors (Lipinski definition) is 0. The Morgan fingerprint density at radius 3 is 1.29 bits per heavy atom. The molecule has 2 nitrogen and oxygen atoms in total. The van der Waals surface area contributed by atoms with Crippen LogP contribution in [0.25, 0.3) is 43.6 Å². The Bertz CT molecular complexity index is 1100. The minimum Gasteiger partial charge on any atom is -0.657 e. The van der Waals surface area contributed by atoms with Gasteiger partial charge >= 0.3 is 0 Å². The zero-order valence-electron chi connectivity index (χ0n) is 13.7. The normalized spacial score (nSPS) is 11.1. The largest absolute Gasteiger partial charge is 0.657 e. The van der Waals surface area contributed by atoms with Crippen LogP contribution in [0.2, 0.25) is 0 Å². The van der Waals surface area contributed by atoms with Gasteiger partial charge in [0.2, 0.25) is 0 Å². The van der Waals surface area contributed by atoms with Crippen LogP contribution in [0.3, 0.4) is 0 Å². The van der Waals surface area contributed by atoms with E-state index < -0.39 is 0 Å². The molecule has 5 rings (SSSR count). The number of nitrogens with zero attached hydrogens (tertiary/aromatic N) is 2. The van der Waals surface area contributed by atoms with Crippen molar-refractivity contribution in [3.63, 3.8) is 0 Å². The molecule has 0 atom stereocenters. The quantitative estimate of drug-likeness (QED) is 0.332. The predicted molar refractivity (Wildman–Crippen MR) is 92.6 cm³/mol. The summed E-state index contributed by atoms with van der Waals surface area (Å²) in [5, 5.41) is 4.84. The number of hydrogen-bond donors (Lipinski definition) is 0. The molecule has 112 valence electrons. The van der Waals surface area contributed by atoms with Crippen LogP contribution in [0.5, 0.6) is 0 Å². The smallest absolute Gasteiger partial charge is 0 e. The van der Waals surface area contributed by atoms with Gasteiger partial charge in [-0.1, -0.05) is 59.7 Å². The molecular weight excluding hydrogens is 446 g/mol. The molecular formula is C20H14N2Y2-2. The van der Waals surface area contributed by atoms with E-state index in [1.165, 1.54) is 32.7 Å². The maximum absolute atomic E-state index is 4.79. The van der Waals surface area contributed by atoms with Gasteiger partial charge in [-0.05, 0) is 35.4 Å². The summed E-state index contributed by atoms with van der Waals surface area (Å²) in [5.74, 6) is 0. The summed E-state index contributed by atoms with van der Waals surface area (Å²) in [5.41, 5.74) is 6.77. The van der Waals surface area contributed by atoms with Crippen molar-refractivity contribution < 1.29 is 65.4 Å². The predicted octanol–water partition coefficient (Wildman–Crippen LogP) is 4.83. The second-order valence-corrected chi connectivity index (χ2v) is 6.15. The minimum atomic E-state index is 0. The average molecular weight is 460 g/mol. The molecule has 0 spiro atoms. The van der Waals surface area contributed by atoms with Crippen molar-refractivity contribution in [2.45, 2.75) is 13.8 Å². The number of fused-ring (bicyclic) bond motifs is 6. The van der Waals surface area contributed by atoms with Crippen LogP contribution in [0.15, 0.2) is 48.5 Å². The van der Waals surface area contributed by atoms with E-state index in [-0.39, 0.29) is 65.4 Å². The molecule has 0 saturated heterocycles. The molecule has 5 aromatic rings. The Morgan fingerprint density at radius 1 is 0.500 bits per heavy atom. The van der Waals surface area contributed by atoms with Gasteiger partial charge in [0.1, 0.15) is 0 Å². The van der Waals surface area contributed by atoms with Crippen molar-refractivity contribution in [2.75, 3.05) is 0 Å². The van der Waals surface area contributed by atoms with E-state index in [1.807, 2.05) is 0 Å². The third-order valence-corrected chi connectivity index (χ3v) is 4.48. The van der Waals surface area contributed by atoms with Crippen LogP contribution in [0.4, 0.5) is 0 Å². The van der Waals surface area contributed by atoms with Gasteiger partial charge in [-0.15, -0.1) is 22.1 Å². The molecule has 24 heavy (non-hydrogen) atoms. The topological polar surface area (TPSA) is 28.2 Å². The number of benzene rings is 3. The maximum atomic E-state index is 4.79. The summed E-state index contributed by atoms with van der Waals surface area (Å²) in [6.45, 7) is 4.24. The monoisotopic (exact) mass is 460 g/mol. The van der Waals surface area contributed by atoms with Gasteiger partial charge in [0.05, 0.1) is 0 Å². The first-order valence-corrected chi connectivity index (χ1v) is 7.53. The third kappa shape index (κ3) is 2.72. The standard InChI is InChI=1S/C20H14N2.2Y/c1-11-3-5-17-13(7-11)15-9-20-16(10-19(15)21-17)14-8-12(2)4-6-18(14)22-20;;/h3-10H,1-2H3;;/q-2;;. The van der Waals surface area contributed by atoms with Crippen LogP contribution in [0, 0.1) is 13.8 Å². The third-order valence-electron chi connectivity index (χ3n) is 4.48. The molecule has 0 aliphatic rings. The Balaban J connectivity index is 0.000000845. The maximum Gasteiger partial charge on any atom is 0 e. The number of rotatable bonds is 0. The van der Waals surface area contributed by atoms with Crippen LogP contribution in [-0.2, 0) is 65.4 Å². The second kappa shape index (κ2) is 6.65. The molecule has 2 radical (unpaired) electrons. The summed E-state index contributed by atoms with van der Waals surface area (Å²) in [6, 6.07) is 17.2. The summed E-state index contributed by atoms with van der Waals surface area (Å²) in [7, 11) is 0. The van der Waals surface area contributed by atoms with E-state index in [9.17, 15) is 0 Å². The van der Waals surface area contributed by atoms with E-state index in [1.54, 1.807) is 0 Å². The molecule has 0 aliphatic carbocycles. The average Bonchev–Trinajstić information content (AvgIpc) is 3.02. The molecule has 2 heterocycles. The first-order chi connectivity index (χ1) is 10.7. The van der Waals surface area contributed by atoms with Gasteiger partial charge < -0.3 is 9.97 Å². The summed E-state index contributed by atoms with van der Waals surface area (Å²) in [4.78, 5) is 9.57. The molecule has 4 heteroatoms. The zero-order valence-corrected chi connectivity index (χ0v) is 19.3. The molecule has 0 amide bonds. The Hall–Kier alpha value is -0.532. The molecule has 2 aromatic heterocycles. The van der Waals surface area contributed by atoms with E-state index >= 15 is 0 Å². The Labute approximate surface area is 190 Å². The Kier molecular flexibility index (Phi) is 5.06. The fourth-order valence-corrected chi connectivity index (χ4v) is 3.38. The van der Waals surface area contributed by atoms with Gasteiger partial charge in [0.25, 0.3) is 0 Å². The number of aryl methyl sites for hydroxylation is 2. The number of aromatic nitrogens is 2. The molecule has 3 aromatic carbocycles. The molecule has 0 N–H and O–H groups in total. The zero-order chi connectivity index (χ0) is 14.8. The molecule has 0 saturated carbocycles. The second-order valence-electron chi connectivity index (χ2n) is 6.15. The van der Waals surface area contributed by atoms with E-state index in [2.05, 4.69) is 62.4 Å².